The summed E-state index contributed by atoms with van der Waals surface area (Å²) in [5.74, 6) is 0.828. The number of nitrogens with zero attached hydrogens (tertiary/aromatic N) is 4. The first-order valence-electron chi connectivity index (χ1n) is 9.21. The van der Waals surface area contributed by atoms with Crippen LogP contribution in [0.25, 0.3) is 10.9 Å². The minimum Gasteiger partial charge on any atom is -0.333 e. The molecule has 3 aromatic rings. The van der Waals surface area contributed by atoms with E-state index in [0.717, 1.165) is 12.0 Å². The number of rotatable bonds is 5. The highest BCUT2D eigenvalue weighted by molar-refractivity contribution is 5.83. The van der Waals surface area contributed by atoms with E-state index < -0.39 is 0 Å². The normalized spacial score (nSPS) is 18.8. The number of aromatic amines is 1. The van der Waals surface area contributed by atoms with Crippen molar-refractivity contribution in [1.82, 2.24) is 24.6 Å². The van der Waals surface area contributed by atoms with E-state index in [9.17, 15) is 9.59 Å². The zero-order valence-corrected chi connectivity index (χ0v) is 15.7. The molecule has 2 heterocycles. The molecule has 1 N–H and O–H groups in total. The van der Waals surface area contributed by atoms with E-state index in [4.69, 9.17) is 0 Å². The van der Waals surface area contributed by atoms with Gasteiger partial charge in [0, 0.05) is 25.2 Å². The number of nitrogens with one attached hydrogen (secondary N) is 1. The molecule has 140 valence electrons. The SMILES string of the molecule is CC(C)N(Cc1nc2ccccc2c(=O)[nH]1)C(=O)C1CC1c1cnn(C)c1. The molecule has 1 aromatic carbocycles. The van der Waals surface area contributed by atoms with Crippen LogP contribution in [0.4, 0.5) is 0 Å². The molecular weight excluding hydrogens is 342 g/mol. The second kappa shape index (κ2) is 6.64. The largest absolute Gasteiger partial charge is 0.333 e. The summed E-state index contributed by atoms with van der Waals surface area (Å²) in [7, 11) is 1.88. The van der Waals surface area contributed by atoms with Gasteiger partial charge in [-0.2, -0.15) is 5.10 Å². The molecule has 2 aromatic heterocycles. The summed E-state index contributed by atoms with van der Waals surface area (Å²) in [6, 6.07) is 7.25. The first-order valence-corrected chi connectivity index (χ1v) is 9.21. The Hall–Kier alpha value is -2.96. The van der Waals surface area contributed by atoms with Crippen LogP contribution >= 0.6 is 0 Å². The van der Waals surface area contributed by atoms with Crippen LogP contribution < -0.4 is 5.56 Å². The molecule has 4 rings (SSSR count). The average Bonchev–Trinajstić information content (AvgIpc) is 3.33. The minimum absolute atomic E-state index is 0.0180. The topological polar surface area (TPSA) is 83.9 Å². The van der Waals surface area contributed by atoms with E-state index in [-0.39, 0.29) is 29.3 Å². The number of fused-ring (bicyclic) bond motifs is 1. The van der Waals surface area contributed by atoms with Gasteiger partial charge in [0.1, 0.15) is 5.82 Å². The number of hydrogen-bond donors (Lipinski definition) is 1. The van der Waals surface area contributed by atoms with Crippen LogP contribution in [0, 0.1) is 5.92 Å². The Labute approximate surface area is 157 Å². The number of hydrogen-bond acceptors (Lipinski definition) is 4. The Bertz CT molecular complexity index is 1050. The Morgan fingerprint density at radius 1 is 1.37 bits per heavy atom. The predicted octanol–water partition coefficient (Wildman–Crippen LogP) is 2.20. The number of carbonyl (C=O) groups is 1. The van der Waals surface area contributed by atoms with Crippen molar-refractivity contribution in [3.8, 4) is 0 Å². The lowest BCUT2D eigenvalue weighted by atomic mass is 10.1. The van der Waals surface area contributed by atoms with E-state index in [1.807, 2.05) is 51.5 Å². The summed E-state index contributed by atoms with van der Waals surface area (Å²) >= 11 is 0. The maximum atomic E-state index is 13.1. The van der Waals surface area contributed by atoms with E-state index in [1.165, 1.54) is 0 Å². The van der Waals surface area contributed by atoms with E-state index in [0.29, 0.717) is 23.3 Å². The van der Waals surface area contributed by atoms with Crippen molar-refractivity contribution < 1.29 is 4.79 Å². The molecule has 1 aliphatic carbocycles. The van der Waals surface area contributed by atoms with Crippen molar-refractivity contribution in [2.24, 2.45) is 13.0 Å². The van der Waals surface area contributed by atoms with Crippen LogP contribution in [0.5, 0.6) is 0 Å². The fourth-order valence-corrected chi connectivity index (χ4v) is 3.57. The van der Waals surface area contributed by atoms with Crippen LogP contribution in [0.2, 0.25) is 0 Å². The number of H-pyrrole nitrogens is 1. The highest BCUT2D eigenvalue weighted by Crippen LogP contribution is 2.48. The maximum Gasteiger partial charge on any atom is 0.258 e. The second-order valence-electron chi connectivity index (χ2n) is 7.49. The lowest BCUT2D eigenvalue weighted by molar-refractivity contribution is -0.135. The van der Waals surface area contributed by atoms with Crippen molar-refractivity contribution in [3.05, 3.63) is 58.4 Å². The van der Waals surface area contributed by atoms with Gasteiger partial charge >= 0.3 is 0 Å². The molecule has 27 heavy (non-hydrogen) atoms. The van der Waals surface area contributed by atoms with Crippen molar-refractivity contribution in [3.63, 3.8) is 0 Å². The predicted molar refractivity (Wildman–Crippen MR) is 102 cm³/mol. The second-order valence-corrected chi connectivity index (χ2v) is 7.49. The summed E-state index contributed by atoms with van der Waals surface area (Å²) in [4.78, 5) is 34.5. The lowest BCUT2D eigenvalue weighted by Crippen LogP contribution is -2.38. The van der Waals surface area contributed by atoms with Gasteiger partial charge in [-0.25, -0.2) is 4.98 Å². The van der Waals surface area contributed by atoms with E-state index in [2.05, 4.69) is 15.1 Å². The Balaban J connectivity index is 1.55. The zero-order chi connectivity index (χ0) is 19.1. The molecule has 0 radical (unpaired) electrons. The standard InChI is InChI=1S/C20H23N5O2/c1-12(2)25(20(27)16-8-15(16)13-9-21-24(3)10-13)11-18-22-17-7-5-4-6-14(17)19(26)23-18/h4-7,9-10,12,15-16H,8,11H2,1-3H3,(H,22,23,26). The molecule has 1 amide bonds. The van der Waals surface area contributed by atoms with Crippen LogP contribution in [0.15, 0.2) is 41.5 Å². The highest BCUT2D eigenvalue weighted by atomic mass is 16.2. The quantitative estimate of drug-likeness (QED) is 0.751. The third-order valence-electron chi connectivity index (χ3n) is 5.15. The van der Waals surface area contributed by atoms with Gasteiger partial charge < -0.3 is 9.88 Å². The van der Waals surface area contributed by atoms with Gasteiger partial charge in [-0.3, -0.25) is 14.3 Å². The number of benzene rings is 1. The number of carbonyl (C=O) groups excluding carboxylic acids is 1. The maximum absolute atomic E-state index is 13.1. The Morgan fingerprint density at radius 2 is 2.15 bits per heavy atom. The summed E-state index contributed by atoms with van der Waals surface area (Å²) in [5.41, 5.74) is 1.58. The van der Waals surface area contributed by atoms with Gasteiger partial charge in [-0.05, 0) is 43.9 Å². The van der Waals surface area contributed by atoms with Crippen LogP contribution in [0.3, 0.4) is 0 Å². The number of amides is 1. The monoisotopic (exact) mass is 365 g/mol. The number of aromatic nitrogens is 4. The third kappa shape index (κ3) is 3.37. The molecule has 2 atom stereocenters. The summed E-state index contributed by atoms with van der Waals surface area (Å²) in [5, 5.41) is 4.76. The Morgan fingerprint density at radius 3 is 2.85 bits per heavy atom. The fourth-order valence-electron chi connectivity index (χ4n) is 3.57. The zero-order valence-electron chi connectivity index (χ0n) is 15.7. The van der Waals surface area contributed by atoms with E-state index >= 15 is 0 Å². The molecule has 1 saturated carbocycles. The molecule has 0 saturated heterocycles. The highest BCUT2D eigenvalue weighted by Gasteiger charge is 2.46. The molecule has 2 unspecified atom stereocenters. The smallest absolute Gasteiger partial charge is 0.258 e. The fraction of sp³-hybridized carbons (Fsp3) is 0.400. The molecule has 0 aliphatic heterocycles. The summed E-state index contributed by atoms with van der Waals surface area (Å²) in [6.07, 6.45) is 4.65. The third-order valence-corrected chi connectivity index (χ3v) is 5.15. The van der Waals surface area contributed by atoms with Crippen LogP contribution in [-0.4, -0.2) is 36.6 Å². The molecule has 0 bridgehead atoms. The Kier molecular flexibility index (Phi) is 4.30. The van der Waals surface area contributed by atoms with Gasteiger partial charge in [0.05, 0.1) is 23.6 Å². The first kappa shape index (κ1) is 17.5. The van der Waals surface area contributed by atoms with Gasteiger partial charge in [0.25, 0.3) is 5.56 Å². The van der Waals surface area contributed by atoms with Crippen LogP contribution in [-0.2, 0) is 18.4 Å². The van der Waals surface area contributed by atoms with Gasteiger partial charge in [0.15, 0.2) is 0 Å². The number of aryl methyl sites for hydroxylation is 1. The van der Waals surface area contributed by atoms with Gasteiger partial charge in [-0.15, -0.1) is 0 Å². The molecular formula is C20H23N5O2. The van der Waals surface area contributed by atoms with E-state index in [1.54, 1.807) is 15.6 Å². The first-order chi connectivity index (χ1) is 12.9. The lowest BCUT2D eigenvalue weighted by Gasteiger charge is -2.26. The summed E-state index contributed by atoms with van der Waals surface area (Å²) < 4.78 is 1.76. The molecule has 0 spiro atoms. The average molecular weight is 365 g/mol. The molecule has 7 heteroatoms. The number of para-hydroxylation sites is 1. The van der Waals surface area contributed by atoms with Crippen molar-refractivity contribution in [2.45, 2.75) is 38.8 Å². The molecule has 1 fully saturated rings. The summed E-state index contributed by atoms with van der Waals surface area (Å²) in [6.45, 7) is 4.27. The minimum atomic E-state index is -0.175. The van der Waals surface area contributed by atoms with Gasteiger partial charge in [0.2, 0.25) is 5.91 Å². The van der Waals surface area contributed by atoms with Crippen LogP contribution in [0.1, 0.15) is 37.6 Å². The van der Waals surface area contributed by atoms with Crippen molar-refractivity contribution in [2.75, 3.05) is 0 Å². The van der Waals surface area contributed by atoms with Gasteiger partial charge in [-0.1, -0.05) is 12.1 Å². The van der Waals surface area contributed by atoms with Crippen molar-refractivity contribution >= 4 is 16.8 Å². The van der Waals surface area contributed by atoms with Crippen molar-refractivity contribution in [1.29, 1.82) is 0 Å². The molecule has 1 aliphatic rings. The molecule has 7 nitrogen and oxygen atoms in total.